The number of phenolic OH excluding ortho intramolecular Hbond substituents is 1. The van der Waals surface area contributed by atoms with Crippen LogP contribution in [-0.2, 0) is 6.42 Å². The Balaban J connectivity index is 1.63. The van der Waals surface area contributed by atoms with Crippen molar-refractivity contribution in [1.29, 1.82) is 0 Å². The summed E-state index contributed by atoms with van der Waals surface area (Å²) in [6.45, 7) is 0.787. The number of methoxy groups -OCH3 is 1. The van der Waals surface area contributed by atoms with Crippen molar-refractivity contribution < 1.29 is 14.6 Å². The molecule has 0 radical (unpaired) electrons. The third-order valence-corrected chi connectivity index (χ3v) is 5.63. The number of ether oxygens (including phenoxy) is 1. The number of aromatic hydroxyl groups is 1. The summed E-state index contributed by atoms with van der Waals surface area (Å²) in [7, 11) is 1.51. The first kappa shape index (κ1) is 16.0. The molecule has 0 aromatic heterocycles. The van der Waals surface area contributed by atoms with Gasteiger partial charge in [0.2, 0.25) is 0 Å². The van der Waals surface area contributed by atoms with Crippen molar-refractivity contribution in [3.8, 4) is 11.5 Å². The van der Waals surface area contributed by atoms with Gasteiger partial charge in [0, 0.05) is 24.1 Å². The van der Waals surface area contributed by atoms with Crippen LogP contribution in [-0.4, -0.2) is 35.6 Å². The van der Waals surface area contributed by atoms with Gasteiger partial charge >= 0.3 is 0 Å². The summed E-state index contributed by atoms with van der Waals surface area (Å²) in [6.07, 6.45) is 4.19. The van der Waals surface area contributed by atoms with Crippen molar-refractivity contribution in [2.45, 2.75) is 37.6 Å². The molecule has 1 saturated heterocycles. The van der Waals surface area contributed by atoms with Crippen molar-refractivity contribution in [2.24, 2.45) is 0 Å². The number of carbonyl (C=O) groups excluding carboxylic acids is 1. The van der Waals surface area contributed by atoms with E-state index in [1.807, 2.05) is 4.90 Å². The number of hydrogen-bond donors (Lipinski definition) is 1. The van der Waals surface area contributed by atoms with Crippen molar-refractivity contribution in [2.75, 3.05) is 13.7 Å². The molecule has 2 aliphatic rings. The number of hydrogen-bond acceptors (Lipinski definition) is 3. The second kappa shape index (κ2) is 6.43. The zero-order valence-electron chi connectivity index (χ0n) is 14.4. The molecule has 1 heterocycles. The quantitative estimate of drug-likeness (QED) is 0.908. The van der Waals surface area contributed by atoms with Gasteiger partial charge in [-0.05, 0) is 55.0 Å². The maximum atomic E-state index is 13.1. The van der Waals surface area contributed by atoms with Gasteiger partial charge in [0.05, 0.1) is 7.11 Å². The summed E-state index contributed by atoms with van der Waals surface area (Å²) in [4.78, 5) is 15.1. The van der Waals surface area contributed by atoms with Crippen molar-refractivity contribution in [1.82, 2.24) is 4.90 Å². The Labute approximate surface area is 148 Å². The number of benzene rings is 2. The zero-order chi connectivity index (χ0) is 17.4. The second-order valence-electron chi connectivity index (χ2n) is 6.94. The molecule has 4 rings (SSSR count). The highest BCUT2D eigenvalue weighted by molar-refractivity contribution is 5.95. The highest BCUT2D eigenvalue weighted by Crippen LogP contribution is 2.41. The normalized spacial score (nSPS) is 22.0. The first-order valence-corrected chi connectivity index (χ1v) is 8.95. The van der Waals surface area contributed by atoms with Gasteiger partial charge in [0.25, 0.3) is 5.91 Å². The van der Waals surface area contributed by atoms with Gasteiger partial charge in [-0.2, -0.15) is 0 Å². The van der Waals surface area contributed by atoms with Crippen LogP contribution in [0.25, 0.3) is 0 Å². The lowest BCUT2D eigenvalue weighted by molar-refractivity contribution is 0.0546. The number of amides is 1. The predicted octanol–water partition coefficient (Wildman–Crippen LogP) is 3.74. The Hall–Kier alpha value is -2.49. The van der Waals surface area contributed by atoms with Gasteiger partial charge in [-0.15, -0.1) is 0 Å². The van der Waals surface area contributed by atoms with Crippen LogP contribution in [0.3, 0.4) is 0 Å². The molecule has 1 aliphatic carbocycles. The molecule has 0 saturated carbocycles. The molecule has 1 amide bonds. The van der Waals surface area contributed by atoms with Crippen LogP contribution >= 0.6 is 0 Å². The van der Waals surface area contributed by atoms with Gasteiger partial charge in [-0.1, -0.05) is 24.3 Å². The molecule has 0 spiro atoms. The fraction of sp³-hybridized carbons (Fsp3) is 0.381. The molecule has 2 atom stereocenters. The van der Waals surface area contributed by atoms with E-state index in [4.69, 9.17) is 4.74 Å². The van der Waals surface area contributed by atoms with Crippen LogP contribution in [0.5, 0.6) is 11.5 Å². The molecule has 25 heavy (non-hydrogen) atoms. The minimum atomic E-state index is 0.00651. The van der Waals surface area contributed by atoms with E-state index >= 15 is 0 Å². The Morgan fingerprint density at radius 1 is 1.20 bits per heavy atom. The van der Waals surface area contributed by atoms with E-state index in [0.29, 0.717) is 17.2 Å². The topological polar surface area (TPSA) is 49.8 Å². The molecule has 2 aromatic carbocycles. The molecule has 4 heteroatoms. The monoisotopic (exact) mass is 337 g/mol. The van der Waals surface area contributed by atoms with Crippen molar-refractivity contribution in [3.63, 3.8) is 0 Å². The minimum Gasteiger partial charge on any atom is -0.504 e. The highest BCUT2D eigenvalue weighted by atomic mass is 16.5. The second-order valence-corrected chi connectivity index (χ2v) is 6.94. The minimum absolute atomic E-state index is 0.00651. The van der Waals surface area contributed by atoms with E-state index in [0.717, 1.165) is 32.2 Å². The Kier molecular flexibility index (Phi) is 4.12. The number of aryl methyl sites for hydroxylation is 1. The molecule has 130 valence electrons. The van der Waals surface area contributed by atoms with Crippen LogP contribution in [0.2, 0.25) is 0 Å². The zero-order valence-corrected chi connectivity index (χ0v) is 14.4. The van der Waals surface area contributed by atoms with E-state index < -0.39 is 0 Å². The smallest absolute Gasteiger partial charge is 0.254 e. The maximum Gasteiger partial charge on any atom is 0.254 e. The van der Waals surface area contributed by atoms with Crippen LogP contribution in [0.15, 0.2) is 42.5 Å². The first-order chi connectivity index (χ1) is 12.2. The largest absolute Gasteiger partial charge is 0.504 e. The number of phenols is 1. The summed E-state index contributed by atoms with van der Waals surface area (Å²) in [5.41, 5.74) is 3.37. The third kappa shape index (κ3) is 2.76. The first-order valence-electron chi connectivity index (χ1n) is 8.95. The van der Waals surface area contributed by atoms with Crippen LogP contribution < -0.4 is 4.74 Å². The van der Waals surface area contributed by atoms with Crippen molar-refractivity contribution >= 4 is 5.91 Å². The Morgan fingerprint density at radius 3 is 2.84 bits per heavy atom. The fourth-order valence-corrected chi connectivity index (χ4v) is 4.44. The van der Waals surface area contributed by atoms with E-state index in [2.05, 4.69) is 24.3 Å². The van der Waals surface area contributed by atoms with E-state index in [-0.39, 0.29) is 17.7 Å². The third-order valence-electron chi connectivity index (χ3n) is 5.63. The molecule has 1 aliphatic heterocycles. The number of carbonyl (C=O) groups is 1. The maximum absolute atomic E-state index is 13.1. The molecule has 1 N–H and O–H groups in total. The molecule has 0 unspecified atom stereocenters. The number of piperidine rings is 1. The lowest BCUT2D eigenvalue weighted by Crippen LogP contribution is -2.49. The van der Waals surface area contributed by atoms with E-state index in [1.165, 1.54) is 24.3 Å². The van der Waals surface area contributed by atoms with Crippen LogP contribution in [0, 0.1) is 0 Å². The summed E-state index contributed by atoms with van der Waals surface area (Å²) in [5.74, 6) is 0.831. The number of likely N-dealkylation sites (tertiary alicyclic amines) is 1. The SMILES string of the molecule is COc1ccc(C(=O)N2CCC[C@H]3c4ccccc4CC[C@H]32)cc1O. The van der Waals surface area contributed by atoms with E-state index in [9.17, 15) is 9.90 Å². The van der Waals surface area contributed by atoms with E-state index in [1.54, 1.807) is 12.1 Å². The van der Waals surface area contributed by atoms with Gasteiger partial charge in [0.15, 0.2) is 11.5 Å². The summed E-state index contributed by atoms with van der Waals surface area (Å²) in [6, 6.07) is 13.8. The van der Waals surface area contributed by atoms with Gasteiger partial charge in [0.1, 0.15) is 0 Å². The number of fused-ring (bicyclic) bond motifs is 3. The highest BCUT2D eigenvalue weighted by Gasteiger charge is 2.38. The molecular formula is C21H23NO3. The lowest BCUT2D eigenvalue weighted by atomic mass is 9.74. The fourth-order valence-electron chi connectivity index (χ4n) is 4.44. The molecule has 4 nitrogen and oxygen atoms in total. The Bertz CT molecular complexity index is 801. The molecule has 2 aromatic rings. The van der Waals surface area contributed by atoms with Crippen LogP contribution in [0.4, 0.5) is 0 Å². The van der Waals surface area contributed by atoms with Crippen LogP contribution in [0.1, 0.15) is 46.7 Å². The Morgan fingerprint density at radius 2 is 2.04 bits per heavy atom. The summed E-state index contributed by atoms with van der Waals surface area (Å²) in [5, 5.41) is 10.0. The van der Waals surface area contributed by atoms with Gasteiger partial charge < -0.3 is 14.7 Å². The summed E-state index contributed by atoms with van der Waals surface area (Å²) >= 11 is 0. The number of nitrogens with zero attached hydrogens (tertiary/aromatic N) is 1. The average Bonchev–Trinajstić information content (AvgIpc) is 2.66. The average molecular weight is 337 g/mol. The molecule has 0 bridgehead atoms. The number of rotatable bonds is 2. The lowest BCUT2D eigenvalue weighted by Gasteiger charge is -2.45. The molecular weight excluding hydrogens is 314 g/mol. The summed E-state index contributed by atoms with van der Waals surface area (Å²) < 4.78 is 5.08. The molecule has 1 fully saturated rings. The van der Waals surface area contributed by atoms with Crippen molar-refractivity contribution in [3.05, 3.63) is 59.2 Å². The standard InChI is InChI=1S/C21H23NO3/c1-25-20-11-9-15(13-19(20)23)21(24)22-12-4-7-17-16-6-3-2-5-14(16)8-10-18(17)22/h2-3,5-6,9,11,13,17-18,23H,4,7-8,10,12H2,1H3/t17-,18+/m0/s1. The van der Waals surface area contributed by atoms with Gasteiger partial charge in [-0.25, -0.2) is 0 Å². The van der Waals surface area contributed by atoms with Gasteiger partial charge in [-0.3, -0.25) is 4.79 Å². The predicted molar refractivity (Wildman–Crippen MR) is 96.2 cm³/mol.